The van der Waals surface area contributed by atoms with Gasteiger partial charge in [-0.05, 0) is 50.4 Å². The maximum Gasteiger partial charge on any atom is -0.0149 e. The van der Waals surface area contributed by atoms with Crippen LogP contribution in [0, 0.1) is 11.3 Å². The van der Waals surface area contributed by atoms with E-state index in [1.54, 1.807) is 5.57 Å². The van der Waals surface area contributed by atoms with Gasteiger partial charge in [0.05, 0.1) is 0 Å². The van der Waals surface area contributed by atoms with Crippen LogP contribution in [0.25, 0.3) is 0 Å². The van der Waals surface area contributed by atoms with E-state index in [1.807, 2.05) is 0 Å². The molecule has 2 rings (SSSR count). The van der Waals surface area contributed by atoms with Crippen LogP contribution >= 0.6 is 0 Å². The third-order valence-corrected chi connectivity index (χ3v) is 3.88. The van der Waals surface area contributed by atoms with E-state index in [0.717, 1.165) is 11.3 Å². The summed E-state index contributed by atoms with van der Waals surface area (Å²) >= 11 is 0. The predicted molar refractivity (Wildman–Crippen MR) is 48.4 cm³/mol. The van der Waals surface area contributed by atoms with Gasteiger partial charge in [0.15, 0.2) is 0 Å². The maximum atomic E-state index is 2.48. The van der Waals surface area contributed by atoms with Gasteiger partial charge in [0.1, 0.15) is 0 Å². The topological polar surface area (TPSA) is 0 Å². The van der Waals surface area contributed by atoms with Crippen molar-refractivity contribution in [3.63, 3.8) is 0 Å². The van der Waals surface area contributed by atoms with Crippen LogP contribution in [0.4, 0.5) is 0 Å². The molecule has 2 atom stereocenters. The Morgan fingerprint density at radius 2 is 2.27 bits per heavy atom. The van der Waals surface area contributed by atoms with E-state index in [9.17, 15) is 0 Å². The van der Waals surface area contributed by atoms with Gasteiger partial charge in [-0.3, -0.25) is 0 Å². The molecule has 0 heteroatoms. The smallest absolute Gasteiger partial charge is 0.0149 e. The lowest BCUT2D eigenvalue weighted by atomic mass is 9.53. The van der Waals surface area contributed by atoms with Crippen LogP contribution in [0.5, 0.6) is 0 Å². The van der Waals surface area contributed by atoms with Gasteiger partial charge in [0.2, 0.25) is 0 Å². The van der Waals surface area contributed by atoms with Crippen molar-refractivity contribution in [2.75, 3.05) is 0 Å². The van der Waals surface area contributed by atoms with Crippen molar-refractivity contribution in [3.8, 4) is 0 Å². The fourth-order valence-electron chi connectivity index (χ4n) is 2.93. The Hall–Kier alpha value is -0.260. The first kappa shape index (κ1) is 7.39. The van der Waals surface area contributed by atoms with Crippen LogP contribution in [-0.4, -0.2) is 0 Å². The third-order valence-electron chi connectivity index (χ3n) is 3.88. The van der Waals surface area contributed by atoms with Crippen LogP contribution in [0.3, 0.4) is 0 Å². The van der Waals surface area contributed by atoms with Crippen molar-refractivity contribution in [3.05, 3.63) is 11.6 Å². The Morgan fingerprint density at radius 3 is 2.73 bits per heavy atom. The van der Waals surface area contributed by atoms with Crippen molar-refractivity contribution in [2.24, 2.45) is 11.3 Å². The van der Waals surface area contributed by atoms with E-state index in [4.69, 9.17) is 0 Å². The Morgan fingerprint density at radius 1 is 1.45 bits per heavy atom. The van der Waals surface area contributed by atoms with Crippen molar-refractivity contribution in [2.45, 2.75) is 46.0 Å². The quantitative estimate of drug-likeness (QED) is 0.463. The summed E-state index contributed by atoms with van der Waals surface area (Å²) in [6.45, 7) is 4.68. The monoisotopic (exact) mass is 150 g/mol. The van der Waals surface area contributed by atoms with Gasteiger partial charge in [0, 0.05) is 0 Å². The number of hydrogen-bond donors (Lipinski definition) is 0. The molecule has 0 aromatic heterocycles. The maximum absolute atomic E-state index is 2.48. The molecule has 0 radical (unpaired) electrons. The largest absolute Gasteiger partial charge is 0.0882 e. The normalized spacial score (nSPS) is 46.7. The molecule has 0 spiro atoms. The Labute approximate surface area is 69.7 Å². The van der Waals surface area contributed by atoms with Gasteiger partial charge < -0.3 is 0 Å². The minimum Gasteiger partial charge on any atom is -0.0882 e. The molecule has 0 bridgehead atoms. The zero-order chi connectivity index (χ0) is 7.90. The molecule has 0 saturated heterocycles. The van der Waals surface area contributed by atoms with Gasteiger partial charge in [0.25, 0.3) is 0 Å². The van der Waals surface area contributed by atoms with E-state index in [2.05, 4.69) is 19.9 Å². The summed E-state index contributed by atoms with van der Waals surface area (Å²) in [5.74, 6) is 0.973. The van der Waals surface area contributed by atoms with E-state index in [-0.39, 0.29) is 0 Å². The van der Waals surface area contributed by atoms with Crippen LogP contribution in [0.1, 0.15) is 46.0 Å². The summed E-state index contributed by atoms with van der Waals surface area (Å²) in [5, 5.41) is 0. The average molecular weight is 150 g/mol. The number of fused-ring (bicyclic) bond motifs is 1. The van der Waals surface area contributed by atoms with E-state index in [1.165, 1.54) is 32.1 Å². The highest BCUT2D eigenvalue weighted by atomic mass is 14.5. The molecule has 2 saturated carbocycles. The number of rotatable bonds is 0. The summed E-state index contributed by atoms with van der Waals surface area (Å²) in [7, 11) is 0. The number of hydrogen-bond acceptors (Lipinski definition) is 0. The van der Waals surface area contributed by atoms with Gasteiger partial charge >= 0.3 is 0 Å². The number of allylic oxidation sites excluding steroid dienone is 2. The molecule has 2 aliphatic carbocycles. The standard InChI is InChI=1S/C11H18/c1-3-9-5-4-7-11(2)8-6-10(9)11/h3,10H,4-8H2,1-2H3/b9-3+/t10?,11-/m0/s1. The molecule has 11 heavy (non-hydrogen) atoms. The molecular formula is C11H18. The van der Waals surface area contributed by atoms with Crippen LogP contribution in [0.15, 0.2) is 11.6 Å². The molecule has 0 aromatic carbocycles. The summed E-state index contributed by atoms with van der Waals surface area (Å²) in [6.07, 6.45) is 9.62. The lowest BCUT2D eigenvalue weighted by Gasteiger charge is -2.52. The predicted octanol–water partition coefficient (Wildman–Crippen LogP) is 3.53. The molecule has 2 fully saturated rings. The molecule has 2 aliphatic rings. The molecule has 0 heterocycles. The second kappa shape index (κ2) is 2.36. The second-order valence-electron chi connectivity index (χ2n) is 4.46. The van der Waals surface area contributed by atoms with Gasteiger partial charge in [-0.25, -0.2) is 0 Å². The van der Waals surface area contributed by atoms with Crippen LogP contribution < -0.4 is 0 Å². The van der Waals surface area contributed by atoms with Crippen molar-refractivity contribution in [1.29, 1.82) is 0 Å². The lowest BCUT2D eigenvalue weighted by Crippen LogP contribution is -2.41. The van der Waals surface area contributed by atoms with Crippen molar-refractivity contribution < 1.29 is 0 Å². The summed E-state index contributed by atoms with van der Waals surface area (Å²) < 4.78 is 0. The van der Waals surface area contributed by atoms with E-state index in [0.29, 0.717) is 0 Å². The molecule has 0 nitrogen and oxygen atoms in total. The molecular weight excluding hydrogens is 132 g/mol. The van der Waals surface area contributed by atoms with E-state index >= 15 is 0 Å². The molecule has 1 unspecified atom stereocenters. The molecule has 0 aromatic rings. The van der Waals surface area contributed by atoms with Crippen LogP contribution in [0.2, 0.25) is 0 Å². The molecule has 0 N–H and O–H groups in total. The van der Waals surface area contributed by atoms with Crippen LogP contribution in [-0.2, 0) is 0 Å². The Kier molecular flexibility index (Phi) is 1.59. The van der Waals surface area contributed by atoms with E-state index < -0.39 is 0 Å². The summed E-state index contributed by atoms with van der Waals surface area (Å²) in [4.78, 5) is 0. The van der Waals surface area contributed by atoms with Gasteiger partial charge in [-0.1, -0.05) is 18.6 Å². The SMILES string of the molecule is C/C=C1\CCC[C@@]2(C)CCC12. The molecule has 0 amide bonds. The average Bonchev–Trinajstić information content (AvgIpc) is 1.98. The van der Waals surface area contributed by atoms with Crippen molar-refractivity contribution in [1.82, 2.24) is 0 Å². The summed E-state index contributed by atoms with van der Waals surface area (Å²) in [5.41, 5.74) is 2.48. The highest BCUT2D eigenvalue weighted by Crippen LogP contribution is 2.57. The third kappa shape index (κ3) is 0.953. The van der Waals surface area contributed by atoms with Gasteiger partial charge in [-0.15, -0.1) is 0 Å². The minimum atomic E-state index is 0.722. The minimum absolute atomic E-state index is 0.722. The van der Waals surface area contributed by atoms with Crippen molar-refractivity contribution >= 4 is 0 Å². The second-order valence-corrected chi connectivity index (χ2v) is 4.46. The first-order chi connectivity index (χ1) is 5.26. The fraction of sp³-hybridized carbons (Fsp3) is 0.818. The zero-order valence-corrected chi connectivity index (χ0v) is 7.69. The first-order valence-corrected chi connectivity index (χ1v) is 4.91. The Balaban J connectivity index is 2.18. The lowest BCUT2D eigenvalue weighted by molar-refractivity contribution is 0.0450. The van der Waals surface area contributed by atoms with Gasteiger partial charge in [-0.2, -0.15) is 0 Å². The molecule has 0 aliphatic heterocycles. The summed E-state index contributed by atoms with van der Waals surface area (Å²) in [6, 6.07) is 0. The zero-order valence-electron chi connectivity index (χ0n) is 7.69. The Bertz CT molecular complexity index is 190. The highest BCUT2D eigenvalue weighted by molar-refractivity contribution is 5.17. The fourth-order valence-corrected chi connectivity index (χ4v) is 2.93. The first-order valence-electron chi connectivity index (χ1n) is 4.91. The molecule has 62 valence electrons. The highest BCUT2D eigenvalue weighted by Gasteiger charge is 2.45.